The number of ether oxygens (including phenoxy) is 1. The summed E-state index contributed by atoms with van der Waals surface area (Å²) in [5, 5.41) is 10.6. The van der Waals surface area contributed by atoms with Gasteiger partial charge in [0.05, 0.1) is 60.8 Å². The molecule has 6 nitrogen and oxygen atoms in total. The molecule has 2 aromatic carbocycles. The minimum absolute atomic E-state index is 0.191. The molecule has 1 N–H and O–H groups in total. The lowest BCUT2D eigenvalue weighted by molar-refractivity contribution is 0.0802. The van der Waals surface area contributed by atoms with Gasteiger partial charge in [0.25, 0.3) is 0 Å². The van der Waals surface area contributed by atoms with Crippen LogP contribution >= 0.6 is 0 Å². The van der Waals surface area contributed by atoms with Gasteiger partial charge in [0.15, 0.2) is 0 Å². The van der Waals surface area contributed by atoms with E-state index in [0.717, 1.165) is 25.8 Å². The Bertz CT molecular complexity index is 1430. The van der Waals surface area contributed by atoms with Gasteiger partial charge < -0.3 is 19.0 Å². The molecule has 5 heterocycles. The average molecular weight is 537 g/mol. The maximum Gasteiger partial charge on any atom is 0.0956 e. The molecule has 208 valence electrons. The van der Waals surface area contributed by atoms with Crippen molar-refractivity contribution in [3.05, 3.63) is 84.7 Å². The van der Waals surface area contributed by atoms with Crippen molar-refractivity contribution in [3.8, 4) is 22.5 Å². The van der Waals surface area contributed by atoms with Crippen LogP contribution in [0.15, 0.2) is 73.6 Å². The second kappa shape index (κ2) is 11.3. The quantitative estimate of drug-likeness (QED) is 0.185. The van der Waals surface area contributed by atoms with Crippen LogP contribution in [0.3, 0.4) is 0 Å². The molecular weight excluding hydrogens is 496 g/mol. The number of hydrogen-bond acceptors (Lipinski definition) is 4. The van der Waals surface area contributed by atoms with E-state index in [1.54, 1.807) is 0 Å². The third-order valence-corrected chi connectivity index (χ3v) is 9.47. The smallest absolute Gasteiger partial charge is 0.0956 e. The molecule has 1 saturated heterocycles. The van der Waals surface area contributed by atoms with Gasteiger partial charge in [-0.05, 0) is 36.8 Å². The van der Waals surface area contributed by atoms with Gasteiger partial charge in [-0.2, -0.15) is 0 Å². The molecule has 2 aromatic heterocycles. The minimum Gasteiger partial charge on any atom is -0.393 e. The highest BCUT2D eigenvalue weighted by Crippen LogP contribution is 2.46. The monoisotopic (exact) mass is 536 g/mol. The zero-order valence-corrected chi connectivity index (χ0v) is 23.2. The number of rotatable bonds is 1. The summed E-state index contributed by atoms with van der Waals surface area (Å²) in [6.45, 7) is 0.978. The second-order valence-electron chi connectivity index (χ2n) is 12.0. The maximum absolute atomic E-state index is 10.6. The topological polar surface area (TPSA) is 68.4 Å². The molecule has 0 amide bonds. The number of epoxide rings is 1. The van der Waals surface area contributed by atoms with E-state index in [1.807, 2.05) is 25.0 Å². The lowest BCUT2D eigenvalue weighted by atomic mass is 9.85. The molecule has 0 bridgehead atoms. The fraction of sp³-hybridized carbons (Fsp3) is 0.471. The van der Waals surface area contributed by atoms with Crippen LogP contribution in [0, 0.1) is 5.92 Å². The Morgan fingerprint density at radius 3 is 2.23 bits per heavy atom. The van der Waals surface area contributed by atoms with Crippen LogP contribution in [0.2, 0.25) is 0 Å². The number of nitrogens with zero attached hydrogens (tertiary/aromatic N) is 4. The summed E-state index contributed by atoms with van der Waals surface area (Å²) in [6.07, 6.45) is 21.5. The predicted octanol–water partition coefficient (Wildman–Crippen LogP) is 7.02. The Hall–Kier alpha value is -3.22. The fourth-order valence-corrected chi connectivity index (χ4v) is 7.31. The van der Waals surface area contributed by atoms with Crippen LogP contribution in [-0.4, -0.2) is 42.5 Å². The molecule has 5 aliphatic rings. The first-order chi connectivity index (χ1) is 19.8. The standard InChI is InChI=1S/C17H20N2O.C10H8N2.C7H12O/c20-16-9-3-1-2-8-14(16)17-13-7-5-4-6-12(13)15-10-18-11-19(15)17;1-2-4-9-8(3-1)6-12-7-11-5-10(9)12;1-2-4-6-7(8-6)5-3-1/h4-7,10-11,14,16-17,20H,1-3,8-9H2;1-5,7H,6H2;6-7H,1-5H2. The first-order valence-corrected chi connectivity index (χ1v) is 15.3. The summed E-state index contributed by atoms with van der Waals surface area (Å²) in [5.74, 6) is 0.314. The molecular formula is C34H40N4O2. The van der Waals surface area contributed by atoms with E-state index in [0.29, 0.717) is 18.1 Å². The third-order valence-electron chi connectivity index (χ3n) is 9.47. The summed E-state index contributed by atoms with van der Waals surface area (Å²) in [7, 11) is 0. The molecule has 2 saturated carbocycles. The van der Waals surface area contributed by atoms with Crippen LogP contribution in [-0.2, 0) is 11.3 Å². The fourth-order valence-electron chi connectivity index (χ4n) is 7.31. The minimum atomic E-state index is -0.191. The zero-order valence-electron chi connectivity index (χ0n) is 23.2. The van der Waals surface area contributed by atoms with Crippen molar-refractivity contribution in [1.82, 2.24) is 19.1 Å². The Morgan fingerprint density at radius 2 is 1.38 bits per heavy atom. The predicted molar refractivity (Wildman–Crippen MR) is 157 cm³/mol. The molecule has 5 unspecified atom stereocenters. The van der Waals surface area contributed by atoms with Crippen LogP contribution in [0.4, 0.5) is 0 Å². The van der Waals surface area contributed by atoms with Crippen molar-refractivity contribution in [2.75, 3.05) is 0 Å². The molecule has 9 rings (SSSR count). The number of hydrogen-bond donors (Lipinski definition) is 1. The van der Waals surface area contributed by atoms with Crippen LogP contribution < -0.4 is 0 Å². The van der Waals surface area contributed by atoms with E-state index in [1.165, 1.54) is 78.6 Å². The van der Waals surface area contributed by atoms with Crippen molar-refractivity contribution < 1.29 is 9.84 Å². The number of fused-ring (bicyclic) bond motifs is 7. The Kier molecular flexibility index (Phi) is 7.29. The van der Waals surface area contributed by atoms with Gasteiger partial charge in [-0.15, -0.1) is 0 Å². The molecule has 0 spiro atoms. The Labute approximate surface area is 237 Å². The van der Waals surface area contributed by atoms with Gasteiger partial charge in [0.2, 0.25) is 0 Å². The Morgan fingerprint density at radius 1 is 0.700 bits per heavy atom. The van der Waals surface area contributed by atoms with Gasteiger partial charge >= 0.3 is 0 Å². The largest absolute Gasteiger partial charge is 0.393 e. The summed E-state index contributed by atoms with van der Waals surface area (Å²) in [6, 6.07) is 17.3. The highest BCUT2D eigenvalue weighted by Gasteiger charge is 2.39. The first kappa shape index (κ1) is 25.7. The highest BCUT2D eigenvalue weighted by molar-refractivity contribution is 5.69. The molecule has 3 aliphatic heterocycles. The van der Waals surface area contributed by atoms with E-state index in [9.17, 15) is 5.11 Å². The van der Waals surface area contributed by atoms with E-state index in [2.05, 4.69) is 67.6 Å². The van der Waals surface area contributed by atoms with Gasteiger partial charge in [-0.3, -0.25) is 0 Å². The van der Waals surface area contributed by atoms with E-state index in [4.69, 9.17) is 4.74 Å². The lowest BCUT2D eigenvalue weighted by Crippen LogP contribution is -2.28. The SMILES string of the molecule is C1CCC2OC2CC1.OC1CCCCCC1C1c2ccccc2-c2cncn21.c1ccc2c(c1)Cn1cncc1-2. The molecule has 40 heavy (non-hydrogen) atoms. The van der Waals surface area contributed by atoms with Crippen molar-refractivity contribution in [2.45, 2.75) is 95.1 Å². The summed E-state index contributed by atoms with van der Waals surface area (Å²) < 4.78 is 9.80. The lowest BCUT2D eigenvalue weighted by Gasteiger charge is -2.28. The summed E-state index contributed by atoms with van der Waals surface area (Å²) >= 11 is 0. The number of aliphatic hydroxyl groups is 1. The summed E-state index contributed by atoms with van der Waals surface area (Å²) in [4.78, 5) is 8.42. The number of benzene rings is 2. The number of aromatic nitrogens is 4. The van der Waals surface area contributed by atoms with E-state index in [-0.39, 0.29) is 12.1 Å². The number of imidazole rings is 2. The average Bonchev–Trinajstić information content (AvgIpc) is 3.20. The molecule has 5 atom stereocenters. The van der Waals surface area contributed by atoms with Gasteiger partial charge in [-0.1, -0.05) is 87.1 Å². The molecule has 0 radical (unpaired) electrons. The van der Waals surface area contributed by atoms with E-state index >= 15 is 0 Å². The normalized spacial score (nSPS) is 27.2. The van der Waals surface area contributed by atoms with Crippen molar-refractivity contribution in [1.29, 1.82) is 0 Å². The zero-order chi connectivity index (χ0) is 26.9. The van der Waals surface area contributed by atoms with Gasteiger partial charge in [0, 0.05) is 23.6 Å². The van der Waals surface area contributed by atoms with Crippen molar-refractivity contribution in [3.63, 3.8) is 0 Å². The first-order valence-electron chi connectivity index (χ1n) is 15.3. The van der Waals surface area contributed by atoms with Crippen molar-refractivity contribution >= 4 is 0 Å². The third kappa shape index (κ3) is 5.04. The van der Waals surface area contributed by atoms with Crippen molar-refractivity contribution in [2.24, 2.45) is 5.92 Å². The molecule has 2 aliphatic carbocycles. The summed E-state index contributed by atoms with van der Waals surface area (Å²) in [5.41, 5.74) is 7.81. The second-order valence-corrected chi connectivity index (χ2v) is 12.0. The van der Waals surface area contributed by atoms with E-state index < -0.39 is 0 Å². The maximum atomic E-state index is 10.6. The molecule has 4 aromatic rings. The van der Waals surface area contributed by atoms with Crippen LogP contribution in [0.1, 0.15) is 81.4 Å². The molecule has 6 heteroatoms. The van der Waals surface area contributed by atoms with Crippen LogP contribution in [0.5, 0.6) is 0 Å². The van der Waals surface area contributed by atoms with Crippen LogP contribution in [0.25, 0.3) is 22.5 Å². The van der Waals surface area contributed by atoms with Gasteiger partial charge in [0.1, 0.15) is 0 Å². The Balaban J connectivity index is 0.000000111. The number of aliphatic hydroxyl groups excluding tert-OH is 1. The van der Waals surface area contributed by atoms with Gasteiger partial charge in [-0.25, -0.2) is 9.97 Å². The molecule has 3 fully saturated rings. The highest BCUT2D eigenvalue weighted by atomic mass is 16.6.